The average Bonchev–Trinajstić information content (AvgIpc) is 3.13. The lowest BCUT2D eigenvalue weighted by Crippen LogP contribution is -2.12. The fourth-order valence-corrected chi connectivity index (χ4v) is 2.63. The molecule has 0 radical (unpaired) electrons. The minimum absolute atomic E-state index is 0.138. The minimum Gasteiger partial charge on any atom is -0.454 e. The number of benzene rings is 3. The largest absolute Gasteiger partial charge is 0.454 e. The number of carbonyl (C=O) groups excluding carboxylic acids is 1. The predicted octanol–water partition coefficient (Wildman–Crippen LogP) is 4.41. The van der Waals surface area contributed by atoms with E-state index in [9.17, 15) is 4.79 Å². The molecule has 25 heavy (non-hydrogen) atoms. The molecule has 5 nitrogen and oxygen atoms in total. The number of amides is 1. The van der Waals surface area contributed by atoms with Crippen molar-refractivity contribution in [3.63, 3.8) is 0 Å². The lowest BCUT2D eigenvalue weighted by Gasteiger charge is -2.09. The number of hydrogen-bond donors (Lipinski definition) is 2. The van der Waals surface area contributed by atoms with Gasteiger partial charge in [0.25, 0.3) is 5.91 Å². The van der Waals surface area contributed by atoms with Crippen LogP contribution in [-0.4, -0.2) is 12.7 Å². The molecule has 3 aromatic rings. The number of para-hydroxylation sites is 2. The minimum atomic E-state index is -0.230. The Hall–Kier alpha value is -3.47. The maximum absolute atomic E-state index is 12.5. The van der Waals surface area contributed by atoms with Crippen molar-refractivity contribution in [1.82, 2.24) is 0 Å². The van der Waals surface area contributed by atoms with Crippen LogP contribution in [0.2, 0.25) is 0 Å². The lowest BCUT2D eigenvalue weighted by atomic mass is 10.1. The third-order valence-electron chi connectivity index (χ3n) is 3.85. The van der Waals surface area contributed by atoms with Gasteiger partial charge in [-0.25, -0.2) is 0 Å². The quantitative estimate of drug-likeness (QED) is 0.743. The van der Waals surface area contributed by atoms with Crippen molar-refractivity contribution in [1.29, 1.82) is 0 Å². The fraction of sp³-hybridized carbons (Fsp3) is 0.0500. The van der Waals surface area contributed by atoms with Crippen LogP contribution in [0, 0.1) is 0 Å². The van der Waals surface area contributed by atoms with E-state index in [1.165, 1.54) is 0 Å². The number of rotatable bonds is 4. The molecule has 0 saturated carbocycles. The second-order valence-corrected chi connectivity index (χ2v) is 5.56. The van der Waals surface area contributed by atoms with E-state index < -0.39 is 0 Å². The molecule has 5 heteroatoms. The highest BCUT2D eigenvalue weighted by Crippen LogP contribution is 2.35. The fourth-order valence-electron chi connectivity index (χ4n) is 2.63. The van der Waals surface area contributed by atoms with Crippen LogP contribution >= 0.6 is 0 Å². The molecular formula is C20H16N2O3. The van der Waals surface area contributed by atoms with E-state index in [0.29, 0.717) is 22.7 Å². The summed E-state index contributed by atoms with van der Waals surface area (Å²) >= 11 is 0. The van der Waals surface area contributed by atoms with Crippen molar-refractivity contribution >= 4 is 23.0 Å². The Morgan fingerprint density at radius 3 is 2.28 bits per heavy atom. The summed E-state index contributed by atoms with van der Waals surface area (Å²) in [4.78, 5) is 12.5. The van der Waals surface area contributed by atoms with Crippen LogP contribution in [-0.2, 0) is 0 Å². The Bertz CT molecular complexity index is 893. The number of fused-ring (bicyclic) bond motifs is 1. The van der Waals surface area contributed by atoms with Crippen molar-refractivity contribution in [3.8, 4) is 11.5 Å². The van der Waals surface area contributed by atoms with E-state index in [2.05, 4.69) is 10.6 Å². The molecule has 0 unspecified atom stereocenters. The van der Waals surface area contributed by atoms with Crippen LogP contribution in [0.15, 0.2) is 72.8 Å². The first-order valence-corrected chi connectivity index (χ1v) is 7.92. The van der Waals surface area contributed by atoms with Gasteiger partial charge >= 0.3 is 0 Å². The molecule has 0 saturated heterocycles. The van der Waals surface area contributed by atoms with Crippen molar-refractivity contribution in [3.05, 3.63) is 78.4 Å². The van der Waals surface area contributed by atoms with Crippen molar-refractivity contribution < 1.29 is 14.3 Å². The van der Waals surface area contributed by atoms with E-state index in [-0.39, 0.29) is 12.7 Å². The van der Waals surface area contributed by atoms with Gasteiger partial charge < -0.3 is 20.1 Å². The summed E-state index contributed by atoms with van der Waals surface area (Å²) < 4.78 is 10.7. The molecule has 3 aromatic carbocycles. The van der Waals surface area contributed by atoms with E-state index in [1.807, 2.05) is 54.6 Å². The molecule has 1 heterocycles. The summed E-state index contributed by atoms with van der Waals surface area (Å²) in [5.41, 5.74) is 3.12. The van der Waals surface area contributed by atoms with Crippen LogP contribution in [0.5, 0.6) is 11.5 Å². The zero-order valence-electron chi connectivity index (χ0n) is 13.4. The van der Waals surface area contributed by atoms with Crippen LogP contribution in [0.4, 0.5) is 17.1 Å². The SMILES string of the molecule is O=C(Nc1ccc(Nc2ccccc2)cc1)c1cccc2c1OCO2. The summed E-state index contributed by atoms with van der Waals surface area (Å²) in [5.74, 6) is 0.851. The topological polar surface area (TPSA) is 59.6 Å². The number of carbonyl (C=O) groups is 1. The molecule has 4 rings (SSSR count). The second kappa shape index (κ2) is 6.57. The zero-order chi connectivity index (χ0) is 17.1. The molecular weight excluding hydrogens is 316 g/mol. The molecule has 0 fully saturated rings. The molecule has 1 amide bonds. The molecule has 124 valence electrons. The first kappa shape index (κ1) is 15.1. The normalized spacial score (nSPS) is 11.8. The summed E-state index contributed by atoms with van der Waals surface area (Å²) in [5, 5.41) is 6.18. The molecule has 1 aliphatic rings. The third kappa shape index (κ3) is 3.26. The Morgan fingerprint density at radius 1 is 0.760 bits per heavy atom. The van der Waals surface area contributed by atoms with Gasteiger partial charge in [-0.05, 0) is 48.5 Å². The molecule has 0 spiro atoms. The third-order valence-corrected chi connectivity index (χ3v) is 3.85. The Morgan fingerprint density at radius 2 is 1.48 bits per heavy atom. The van der Waals surface area contributed by atoms with Gasteiger partial charge in [-0.1, -0.05) is 24.3 Å². The van der Waals surface area contributed by atoms with E-state index >= 15 is 0 Å². The number of ether oxygens (including phenoxy) is 2. The smallest absolute Gasteiger partial charge is 0.259 e. The van der Waals surface area contributed by atoms with Gasteiger partial charge in [-0.15, -0.1) is 0 Å². The monoisotopic (exact) mass is 332 g/mol. The van der Waals surface area contributed by atoms with Crippen molar-refractivity contribution in [2.24, 2.45) is 0 Å². The molecule has 0 atom stereocenters. The predicted molar refractivity (Wildman–Crippen MR) is 96.7 cm³/mol. The Labute approximate surface area is 145 Å². The summed E-state index contributed by atoms with van der Waals surface area (Å²) in [7, 11) is 0. The van der Waals surface area contributed by atoms with E-state index in [4.69, 9.17) is 9.47 Å². The highest BCUT2D eigenvalue weighted by Gasteiger charge is 2.21. The summed E-state index contributed by atoms with van der Waals surface area (Å²) in [6, 6.07) is 22.7. The summed E-state index contributed by atoms with van der Waals surface area (Å²) in [6.45, 7) is 0.138. The van der Waals surface area contributed by atoms with Gasteiger partial charge in [0.2, 0.25) is 6.79 Å². The second-order valence-electron chi connectivity index (χ2n) is 5.56. The van der Waals surface area contributed by atoms with Crippen molar-refractivity contribution in [2.75, 3.05) is 17.4 Å². The van der Waals surface area contributed by atoms with Gasteiger partial charge in [0.1, 0.15) is 0 Å². The van der Waals surface area contributed by atoms with Crippen LogP contribution < -0.4 is 20.1 Å². The van der Waals surface area contributed by atoms with Gasteiger partial charge in [0.15, 0.2) is 11.5 Å². The number of anilines is 3. The van der Waals surface area contributed by atoms with Crippen LogP contribution in [0.25, 0.3) is 0 Å². The molecule has 0 bridgehead atoms. The molecule has 2 N–H and O–H groups in total. The molecule has 1 aliphatic heterocycles. The van der Waals surface area contributed by atoms with E-state index in [1.54, 1.807) is 18.2 Å². The maximum Gasteiger partial charge on any atom is 0.259 e. The Kier molecular flexibility index (Phi) is 3.96. The average molecular weight is 332 g/mol. The highest BCUT2D eigenvalue weighted by molar-refractivity contribution is 6.06. The first-order chi connectivity index (χ1) is 12.3. The standard InChI is InChI=1S/C20H16N2O3/c23-20(17-7-4-8-18-19(17)25-13-24-18)22-16-11-9-15(10-12-16)21-14-5-2-1-3-6-14/h1-12,21H,13H2,(H,22,23). The highest BCUT2D eigenvalue weighted by atomic mass is 16.7. The van der Waals surface area contributed by atoms with Gasteiger partial charge in [-0.2, -0.15) is 0 Å². The van der Waals surface area contributed by atoms with Crippen LogP contribution in [0.3, 0.4) is 0 Å². The Balaban J connectivity index is 1.46. The molecule has 0 aromatic heterocycles. The zero-order valence-corrected chi connectivity index (χ0v) is 13.4. The number of nitrogens with one attached hydrogen (secondary N) is 2. The van der Waals surface area contributed by atoms with Gasteiger partial charge in [-0.3, -0.25) is 4.79 Å². The first-order valence-electron chi connectivity index (χ1n) is 7.92. The molecule has 0 aliphatic carbocycles. The van der Waals surface area contributed by atoms with Crippen LogP contribution in [0.1, 0.15) is 10.4 Å². The van der Waals surface area contributed by atoms with Crippen molar-refractivity contribution in [2.45, 2.75) is 0 Å². The van der Waals surface area contributed by atoms with Gasteiger partial charge in [0, 0.05) is 17.1 Å². The lowest BCUT2D eigenvalue weighted by molar-refractivity contribution is 0.102. The maximum atomic E-state index is 12.5. The van der Waals surface area contributed by atoms with Gasteiger partial charge in [0.05, 0.1) is 5.56 Å². The van der Waals surface area contributed by atoms with E-state index in [0.717, 1.165) is 11.4 Å². The number of hydrogen-bond acceptors (Lipinski definition) is 4. The summed E-state index contributed by atoms with van der Waals surface area (Å²) in [6.07, 6.45) is 0.